The summed E-state index contributed by atoms with van der Waals surface area (Å²) in [6.45, 7) is 2.71. The Balaban J connectivity index is 1.68. The van der Waals surface area contributed by atoms with Crippen LogP contribution in [0, 0.1) is 6.92 Å². The second-order valence-electron chi connectivity index (χ2n) is 5.49. The Morgan fingerprint density at radius 2 is 1.78 bits per heavy atom. The van der Waals surface area contributed by atoms with Crippen molar-refractivity contribution in [2.45, 2.75) is 19.8 Å². The Morgan fingerprint density at radius 3 is 2.43 bits per heavy atom. The summed E-state index contributed by atoms with van der Waals surface area (Å²) >= 11 is 0. The number of ether oxygens (including phenoxy) is 1. The average Bonchev–Trinajstić information content (AvgIpc) is 2.59. The molecule has 0 aliphatic heterocycles. The lowest BCUT2D eigenvalue weighted by molar-refractivity contribution is -0.116. The molecule has 2 aromatic carbocycles. The molecule has 0 fully saturated rings. The minimum atomic E-state index is -0.0553. The largest absolute Gasteiger partial charge is 0.497 e. The second kappa shape index (κ2) is 8.79. The van der Waals surface area contributed by atoms with Crippen molar-refractivity contribution in [2.75, 3.05) is 13.7 Å². The van der Waals surface area contributed by atoms with Crippen molar-refractivity contribution in [3.05, 3.63) is 71.3 Å². The van der Waals surface area contributed by atoms with Gasteiger partial charge in [-0.1, -0.05) is 42.0 Å². The Labute approximate surface area is 138 Å². The molecule has 1 amide bonds. The molecule has 0 spiro atoms. The summed E-state index contributed by atoms with van der Waals surface area (Å²) in [5.41, 5.74) is 3.49. The summed E-state index contributed by atoms with van der Waals surface area (Å²) in [7, 11) is 1.66. The zero-order chi connectivity index (χ0) is 16.5. The van der Waals surface area contributed by atoms with E-state index >= 15 is 0 Å². The monoisotopic (exact) mass is 309 g/mol. The lowest BCUT2D eigenvalue weighted by Crippen LogP contribution is -2.22. The van der Waals surface area contributed by atoms with Gasteiger partial charge in [0.25, 0.3) is 0 Å². The zero-order valence-corrected chi connectivity index (χ0v) is 13.7. The highest BCUT2D eigenvalue weighted by Gasteiger charge is 1.97. The Hall–Kier alpha value is -2.55. The van der Waals surface area contributed by atoms with Crippen molar-refractivity contribution in [1.82, 2.24) is 5.32 Å². The first-order valence-corrected chi connectivity index (χ1v) is 7.83. The van der Waals surface area contributed by atoms with Crippen LogP contribution in [0.2, 0.25) is 0 Å². The van der Waals surface area contributed by atoms with Gasteiger partial charge in [-0.3, -0.25) is 4.79 Å². The van der Waals surface area contributed by atoms with Crippen molar-refractivity contribution in [1.29, 1.82) is 0 Å². The fourth-order valence-corrected chi connectivity index (χ4v) is 2.20. The lowest BCUT2D eigenvalue weighted by Gasteiger charge is -2.04. The summed E-state index contributed by atoms with van der Waals surface area (Å²) in [4.78, 5) is 11.8. The van der Waals surface area contributed by atoms with Crippen LogP contribution in [0.1, 0.15) is 23.1 Å². The number of amides is 1. The maximum atomic E-state index is 11.8. The number of nitrogens with one attached hydrogen (secondary N) is 1. The first kappa shape index (κ1) is 16.8. The second-order valence-corrected chi connectivity index (χ2v) is 5.49. The number of rotatable bonds is 7. The maximum absolute atomic E-state index is 11.8. The molecular formula is C20H23NO2. The van der Waals surface area contributed by atoms with Gasteiger partial charge in [-0.15, -0.1) is 0 Å². The van der Waals surface area contributed by atoms with Crippen molar-refractivity contribution in [3.8, 4) is 5.75 Å². The van der Waals surface area contributed by atoms with Crippen LogP contribution in [0.5, 0.6) is 5.75 Å². The van der Waals surface area contributed by atoms with Gasteiger partial charge in [0.2, 0.25) is 5.91 Å². The number of carbonyl (C=O) groups excluding carboxylic acids is 1. The van der Waals surface area contributed by atoms with Crippen LogP contribution in [0.4, 0.5) is 0 Å². The van der Waals surface area contributed by atoms with Crippen molar-refractivity contribution >= 4 is 12.0 Å². The summed E-state index contributed by atoms with van der Waals surface area (Å²) < 4.78 is 5.13. The van der Waals surface area contributed by atoms with Gasteiger partial charge in [-0.05, 0) is 49.1 Å². The number of hydrogen-bond acceptors (Lipinski definition) is 2. The quantitative estimate of drug-likeness (QED) is 0.624. The topological polar surface area (TPSA) is 38.3 Å². The van der Waals surface area contributed by atoms with E-state index in [9.17, 15) is 4.79 Å². The first-order valence-electron chi connectivity index (χ1n) is 7.83. The highest BCUT2D eigenvalue weighted by Crippen LogP contribution is 2.12. The highest BCUT2D eigenvalue weighted by molar-refractivity contribution is 5.91. The van der Waals surface area contributed by atoms with Gasteiger partial charge >= 0.3 is 0 Å². The van der Waals surface area contributed by atoms with E-state index in [1.54, 1.807) is 13.2 Å². The number of aryl methyl sites for hydroxylation is 2. The first-order chi connectivity index (χ1) is 11.2. The number of benzene rings is 2. The molecular weight excluding hydrogens is 286 g/mol. The van der Waals surface area contributed by atoms with Crippen LogP contribution in [0.15, 0.2) is 54.6 Å². The molecule has 0 aliphatic rings. The van der Waals surface area contributed by atoms with Crippen LogP contribution in [-0.4, -0.2) is 19.6 Å². The molecule has 0 aromatic heterocycles. The minimum absolute atomic E-state index is 0.0553. The third kappa shape index (κ3) is 5.99. The van der Waals surface area contributed by atoms with Crippen molar-refractivity contribution < 1.29 is 9.53 Å². The SMILES string of the molecule is COc1ccc(CCCNC(=O)/C=C/c2ccc(C)cc2)cc1. The van der Waals surface area contributed by atoms with Gasteiger partial charge in [0.15, 0.2) is 0 Å². The third-order valence-electron chi connectivity index (χ3n) is 3.61. The fraction of sp³-hybridized carbons (Fsp3) is 0.250. The van der Waals surface area contributed by atoms with Gasteiger partial charge in [-0.2, -0.15) is 0 Å². The number of methoxy groups -OCH3 is 1. The summed E-state index contributed by atoms with van der Waals surface area (Å²) in [6, 6.07) is 16.1. The Kier molecular flexibility index (Phi) is 6.42. The molecule has 0 aliphatic carbocycles. The van der Waals surface area contributed by atoms with Gasteiger partial charge < -0.3 is 10.1 Å². The predicted molar refractivity (Wildman–Crippen MR) is 94.5 cm³/mol. The molecule has 0 heterocycles. The van der Waals surface area contributed by atoms with E-state index in [0.717, 1.165) is 24.2 Å². The van der Waals surface area contributed by atoms with Crippen LogP contribution in [-0.2, 0) is 11.2 Å². The van der Waals surface area contributed by atoms with Crippen LogP contribution >= 0.6 is 0 Å². The molecule has 0 saturated carbocycles. The molecule has 0 atom stereocenters. The van der Waals surface area contributed by atoms with Gasteiger partial charge in [0.05, 0.1) is 7.11 Å². The zero-order valence-electron chi connectivity index (χ0n) is 13.7. The number of carbonyl (C=O) groups is 1. The van der Waals surface area contributed by atoms with E-state index in [1.807, 2.05) is 49.4 Å². The minimum Gasteiger partial charge on any atom is -0.497 e. The van der Waals surface area contributed by atoms with Crippen LogP contribution in [0.3, 0.4) is 0 Å². The maximum Gasteiger partial charge on any atom is 0.243 e. The number of hydrogen-bond donors (Lipinski definition) is 1. The standard InChI is InChI=1S/C20H23NO2/c1-16-5-7-18(8-6-16)11-14-20(22)21-15-3-4-17-9-12-19(23-2)13-10-17/h5-14H,3-4,15H2,1-2H3,(H,21,22)/b14-11+. The molecule has 0 unspecified atom stereocenters. The van der Waals surface area contributed by atoms with E-state index in [0.29, 0.717) is 6.54 Å². The van der Waals surface area contributed by atoms with E-state index in [1.165, 1.54) is 11.1 Å². The molecule has 2 aromatic rings. The van der Waals surface area contributed by atoms with Gasteiger partial charge in [0.1, 0.15) is 5.75 Å². The van der Waals surface area contributed by atoms with E-state index in [2.05, 4.69) is 17.4 Å². The Bertz CT molecular complexity index is 642. The van der Waals surface area contributed by atoms with Crippen molar-refractivity contribution in [2.24, 2.45) is 0 Å². The molecule has 23 heavy (non-hydrogen) atoms. The van der Waals surface area contributed by atoms with E-state index in [-0.39, 0.29) is 5.91 Å². The molecule has 120 valence electrons. The molecule has 3 heteroatoms. The van der Waals surface area contributed by atoms with Crippen LogP contribution < -0.4 is 10.1 Å². The smallest absolute Gasteiger partial charge is 0.243 e. The molecule has 0 saturated heterocycles. The van der Waals surface area contributed by atoms with E-state index in [4.69, 9.17) is 4.74 Å². The molecule has 0 bridgehead atoms. The van der Waals surface area contributed by atoms with E-state index < -0.39 is 0 Å². The molecule has 3 nitrogen and oxygen atoms in total. The molecule has 0 radical (unpaired) electrons. The average molecular weight is 309 g/mol. The summed E-state index contributed by atoms with van der Waals surface area (Å²) in [5.74, 6) is 0.809. The predicted octanol–water partition coefficient (Wildman–Crippen LogP) is 3.77. The summed E-state index contributed by atoms with van der Waals surface area (Å²) in [5, 5.41) is 2.91. The lowest BCUT2D eigenvalue weighted by atomic mass is 10.1. The highest BCUT2D eigenvalue weighted by atomic mass is 16.5. The fourth-order valence-electron chi connectivity index (χ4n) is 2.20. The third-order valence-corrected chi connectivity index (χ3v) is 3.61. The molecule has 2 rings (SSSR count). The Morgan fingerprint density at radius 1 is 1.09 bits per heavy atom. The summed E-state index contributed by atoms with van der Waals surface area (Å²) in [6.07, 6.45) is 5.26. The van der Waals surface area contributed by atoms with Gasteiger partial charge in [0, 0.05) is 12.6 Å². The van der Waals surface area contributed by atoms with Gasteiger partial charge in [-0.25, -0.2) is 0 Å². The van der Waals surface area contributed by atoms with Crippen LogP contribution in [0.25, 0.3) is 6.08 Å². The van der Waals surface area contributed by atoms with Crippen molar-refractivity contribution in [3.63, 3.8) is 0 Å². The normalized spacial score (nSPS) is 10.7. The molecule has 1 N–H and O–H groups in total.